The maximum Gasteiger partial charge on any atom is 0.407 e. The van der Waals surface area contributed by atoms with Gasteiger partial charge in [0.1, 0.15) is 0 Å². The summed E-state index contributed by atoms with van der Waals surface area (Å²) >= 11 is 11.8. The molecule has 0 atom stereocenters. The van der Waals surface area contributed by atoms with Crippen molar-refractivity contribution in [2.24, 2.45) is 0 Å². The Morgan fingerprint density at radius 2 is 2.25 bits per heavy atom. The second-order valence-electron chi connectivity index (χ2n) is 3.68. The minimum absolute atomic E-state index is 0.460. The summed E-state index contributed by atoms with van der Waals surface area (Å²) in [6, 6.07) is 1.62. The topological polar surface area (TPSA) is 51.2 Å². The number of carbonyl (C=O) groups excluding carboxylic acids is 1. The Kier molecular flexibility index (Phi) is 2.95. The van der Waals surface area contributed by atoms with Gasteiger partial charge in [-0.1, -0.05) is 23.2 Å². The standard InChI is InChI=1S/C10H10Cl2N2O2/c1-16-9(15)14-10(2-3-10)8-7(12)4-6(11)5-13-8/h4-5H,2-3H2,1H3,(H,14,15). The zero-order chi connectivity index (χ0) is 11.8. The fourth-order valence-corrected chi connectivity index (χ4v) is 2.12. The molecule has 16 heavy (non-hydrogen) atoms. The monoisotopic (exact) mass is 260 g/mol. The predicted octanol–water partition coefficient (Wildman–Crippen LogP) is 2.73. The number of amides is 1. The van der Waals surface area contributed by atoms with Gasteiger partial charge in [0, 0.05) is 6.20 Å². The van der Waals surface area contributed by atoms with E-state index < -0.39 is 11.6 Å². The van der Waals surface area contributed by atoms with Gasteiger partial charge in [0.25, 0.3) is 0 Å². The Balaban J connectivity index is 2.26. The van der Waals surface area contributed by atoms with Gasteiger partial charge in [-0.3, -0.25) is 4.98 Å². The summed E-state index contributed by atoms with van der Waals surface area (Å²) in [5.41, 5.74) is 0.165. The molecule has 0 aliphatic heterocycles. The van der Waals surface area contributed by atoms with E-state index in [1.165, 1.54) is 13.3 Å². The van der Waals surface area contributed by atoms with Crippen molar-refractivity contribution in [3.8, 4) is 0 Å². The van der Waals surface area contributed by atoms with E-state index in [4.69, 9.17) is 23.2 Å². The molecule has 2 rings (SSSR count). The number of ether oxygens (including phenoxy) is 1. The van der Waals surface area contributed by atoms with Gasteiger partial charge in [0.2, 0.25) is 0 Å². The predicted molar refractivity (Wildman–Crippen MR) is 60.7 cm³/mol. The van der Waals surface area contributed by atoms with Crippen LogP contribution in [0, 0.1) is 0 Å². The number of halogens is 2. The van der Waals surface area contributed by atoms with E-state index in [2.05, 4.69) is 15.0 Å². The summed E-state index contributed by atoms with van der Waals surface area (Å²) in [5.74, 6) is 0. The normalized spacial score (nSPS) is 16.7. The van der Waals surface area contributed by atoms with Crippen LogP contribution in [0.3, 0.4) is 0 Å². The second-order valence-corrected chi connectivity index (χ2v) is 4.53. The highest BCUT2D eigenvalue weighted by Gasteiger charge is 2.48. The molecule has 0 saturated heterocycles. The molecule has 0 aromatic carbocycles. The maximum atomic E-state index is 11.2. The van der Waals surface area contributed by atoms with Gasteiger partial charge in [-0.05, 0) is 18.9 Å². The molecular formula is C10H10Cl2N2O2. The highest BCUT2D eigenvalue weighted by atomic mass is 35.5. The highest BCUT2D eigenvalue weighted by molar-refractivity contribution is 6.34. The zero-order valence-electron chi connectivity index (χ0n) is 8.59. The Morgan fingerprint density at radius 3 is 2.75 bits per heavy atom. The van der Waals surface area contributed by atoms with Crippen LogP contribution in [0.25, 0.3) is 0 Å². The number of hydrogen-bond acceptors (Lipinski definition) is 3. The van der Waals surface area contributed by atoms with Gasteiger partial charge in [-0.2, -0.15) is 0 Å². The number of carbonyl (C=O) groups is 1. The SMILES string of the molecule is COC(=O)NC1(c2ncc(Cl)cc2Cl)CC1. The number of methoxy groups -OCH3 is 1. The third kappa shape index (κ3) is 2.08. The number of aromatic nitrogens is 1. The van der Waals surface area contributed by atoms with Crippen molar-refractivity contribution in [1.29, 1.82) is 0 Å². The first-order valence-corrected chi connectivity index (χ1v) is 5.51. The van der Waals surface area contributed by atoms with Crippen LogP contribution in [0.5, 0.6) is 0 Å². The van der Waals surface area contributed by atoms with Crippen molar-refractivity contribution in [3.05, 3.63) is 28.0 Å². The van der Waals surface area contributed by atoms with Crippen LogP contribution >= 0.6 is 23.2 Å². The van der Waals surface area contributed by atoms with Crippen molar-refractivity contribution < 1.29 is 9.53 Å². The molecule has 6 heteroatoms. The van der Waals surface area contributed by atoms with Gasteiger partial charge in [0.05, 0.1) is 28.4 Å². The molecule has 0 unspecified atom stereocenters. The molecule has 1 aromatic rings. The molecule has 0 radical (unpaired) electrons. The third-order valence-electron chi connectivity index (χ3n) is 2.54. The van der Waals surface area contributed by atoms with E-state index in [1.54, 1.807) is 6.07 Å². The molecular weight excluding hydrogens is 251 g/mol. The van der Waals surface area contributed by atoms with Crippen LogP contribution < -0.4 is 5.32 Å². The van der Waals surface area contributed by atoms with Crippen LogP contribution in [0.2, 0.25) is 10.0 Å². The summed E-state index contributed by atoms with van der Waals surface area (Å²) in [6.45, 7) is 0. The van der Waals surface area contributed by atoms with E-state index in [1.807, 2.05) is 0 Å². The molecule has 1 aliphatic rings. The zero-order valence-corrected chi connectivity index (χ0v) is 10.1. The van der Waals surface area contributed by atoms with Gasteiger partial charge in [-0.15, -0.1) is 0 Å². The molecule has 1 amide bonds. The van der Waals surface area contributed by atoms with Crippen molar-refractivity contribution >= 4 is 29.3 Å². The first kappa shape index (κ1) is 11.5. The molecule has 1 heterocycles. The Labute approximate surface area is 103 Å². The first-order valence-electron chi connectivity index (χ1n) is 4.75. The fourth-order valence-electron chi connectivity index (χ4n) is 1.56. The summed E-state index contributed by atoms with van der Waals surface area (Å²) < 4.78 is 4.56. The average molecular weight is 261 g/mol. The smallest absolute Gasteiger partial charge is 0.407 e. The quantitative estimate of drug-likeness (QED) is 0.890. The van der Waals surface area contributed by atoms with Gasteiger partial charge in [0.15, 0.2) is 0 Å². The van der Waals surface area contributed by atoms with Crippen molar-refractivity contribution in [1.82, 2.24) is 10.3 Å². The summed E-state index contributed by atoms with van der Waals surface area (Å²) in [7, 11) is 1.32. The van der Waals surface area contributed by atoms with Crippen LogP contribution in [0.15, 0.2) is 12.3 Å². The van der Waals surface area contributed by atoms with Crippen LogP contribution in [-0.4, -0.2) is 18.2 Å². The Hall–Kier alpha value is -1.000. The van der Waals surface area contributed by atoms with Crippen molar-refractivity contribution in [2.45, 2.75) is 18.4 Å². The number of hydrogen-bond donors (Lipinski definition) is 1. The van der Waals surface area contributed by atoms with Crippen molar-refractivity contribution in [3.63, 3.8) is 0 Å². The fraction of sp³-hybridized carbons (Fsp3) is 0.400. The molecule has 1 fully saturated rings. The summed E-state index contributed by atoms with van der Waals surface area (Å²) in [4.78, 5) is 15.4. The maximum absolute atomic E-state index is 11.2. The molecule has 1 N–H and O–H groups in total. The number of pyridine rings is 1. The Morgan fingerprint density at radius 1 is 1.56 bits per heavy atom. The first-order chi connectivity index (χ1) is 7.57. The Bertz CT molecular complexity index is 433. The molecule has 1 aromatic heterocycles. The van der Waals surface area contributed by atoms with E-state index in [0.717, 1.165) is 12.8 Å². The molecule has 4 nitrogen and oxygen atoms in total. The van der Waals surface area contributed by atoms with Crippen LogP contribution in [0.1, 0.15) is 18.5 Å². The van der Waals surface area contributed by atoms with Gasteiger partial charge >= 0.3 is 6.09 Å². The summed E-state index contributed by atoms with van der Waals surface area (Å²) in [5, 5.41) is 3.68. The van der Waals surface area contributed by atoms with Crippen LogP contribution in [-0.2, 0) is 10.3 Å². The third-order valence-corrected chi connectivity index (χ3v) is 3.03. The lowest BCUT2D eigenvalue weighted by Crippen LogP contribution is -2.35. The lowest BCUT2D eigenvalue weighted by Gasteiger charge is -2.17. The molecule has 1 saturated carbocycles. The number of rotatable bonds is 2. The average Bonchev–Trinajstić information content (AvgIpc) is 2.98. The lowest BCUT2D eigenvalue weighted by molar-refractivity contribution is 0.164. The highest BCUT2D eigenvalue weighted by Crippen LogP contribution is 2.47. The van der Waals surface area contributed by atoms with Gasteiger partial charge < -0.3 is 10.1 Å². The van der Waals surface area contributed by atoms with Gasteiger partial charge in [-0.25, -0.2) is 4.79 Å². The lowest BCUT2D eigenvalue weighted by atomic mass is 10.1. The molecule has 86 valence electrons. The van der Waals surface area contributed by atoms with E-state index in [-0.39, 0.29) is 0 Å². The van der Waals surface area contributed by atoms with Crippen LogP contribution in [0.4, 0.5) is 4.79 Å². The second kappa shape index (κ2) is 4.11. The number of nitrogens with one attached hydrogen (secondary N) is 1. The molecule has 0 spiro atoms. The van der Waals surface area contributed by atoms with E-state index in [9.17, 15) is 4.79 Å². The number of nitrogens with zero attached hydrogens (tertiary/aromatic N) is 1. The largest absolute Gasteiger partial charge is 0.453 e. The van der Waals surface area contributed by atoms with Crippen molar-refractivity contribution in [2.75, 3.05) is 7.11 Å². The van der Waals surface area contributed by atoms with E-state index in [0.29, 0.717) is 15.7 Å². The molecule has 0 bridgehead atoms. The number of alkyl carbamates (subject to hydrolysis) is 1. The van der Waals surface area contributed by atoms with E-state index >= 15 is 0 Å². The minimum atomic E-state index is -0.481. The molecule has 1 aliphatic carbocycles. The minimum Gasteiger partial charge on any atom is -0.453 e. The summed E-state index contributed by atoms with van der Waals surface area (Å²) in [6.07, 6.45) is 2.64.